The van der Waals surface area contributed by atoms with Gasteiger partial charge in [0.1, 0.15) is 12.1 Å². The lowest BCUT2D eigenvalue weighted by Crippen LogP contribution is -2.04. The van der Waals surface area contributed by atoms with E-state index in [0.29, 0.717) is 23.5 Å². The average molecular weight is 370 g/mol. The van der Waals surface area contributed by atoms with Crippen molar-refractivity contribution >= 4 is 33.9 Å². The van der Waals surface area contributed by atoms with Crippen LogP contribution >= 0.6 is 12.3 Å². The first-order valence-corrected chi connectivity index (χ1v) is 8.38. The zero-order valence-electron chi connectivity index (χ0n) is 12.4. The SMILES string of the molecule is COOSON=C(C#N)c1ccc(C(C#N)=NOS(C)(=O)=O)cc1. The first kappa shape index (κ1) is 19.4. The molecule has 0 unspecified atom stereocenters. The minimum Gasteiger partial charge on any atom is -0.288 e. The molecule has 126 valence electrons. The van der Waals surface area contributed by atoms with E-state index in [0.717, 1.165) is 6.26 Å². The van der Waals surface area contributed by atoms with E-state index in [2.05, 4.69) is 28.1 Å². The molecule has 1 aromatic carbocycles. The maximum absolute atomic E-state index is 10.9. The number of benzene rings is 1. The molecule has 10 nitrogen and oxygen atoms in total. The van der Waals surface area contributed by atoms with Gasteiger partial charge in [-0.05, 0) is 0 Å². The molecule has 1 rings (SSSR count). The van der Waals surface area contributed by atoms with Crippen LogP contribution in [0.15, 0.2) is 34.6 Å². The predicted molar refractivity (Wildman–Crippen MR) is 83.4 cm³/mol. The molecule has 0 heterocycles. The van der Waals surface area contributed by atoms with Gasteiger partial charge in [-0.25, -0.2) is 4.89 Å². The maximum atomic E-state index is 10.9. The third kappa shape index (κ3) is 6.64. The average Bonchev–Trinajstić information content (AvgIpc) is 2.55. The summed E-state index contributed by atoms with van der Waals surface area (Å²) in [5.41, 5.74) is 0.375. The lowest BCUT2D eigenvalue weighted by atomic mass is 10.1. The molecular formula is C12H10N4O6S2. The van der Waals surface area contributed by atoms with Crippen molar-refractivity contribution in [1.29, 1.82) is 10.5 Å². The van der Waals surface area contributed by atoms with Crippen LogP contribution in [-0.4, -0.2) is 33.2 Å². The smallest absolute Gasteiger partial charge is 0.288 e. The van der Waals surface area contributed by atoms with E-state index in [9.17, 15) is 8.42 Å². The van der Waals surface area contributed by atoms with Crippen LogP contribution in [0.3, 0.4) is 0 Å². The maximum Gasteiger partial charge on any atom is 0.325 e. The fourth-order valence-corrected chi connectivity index (χ4v) is 1.65. The van der Waals surface area contributed by atoms with Gasteiger partial charge in [-0.3, -0.25) is 8.57 Å². The van der Waals surface area contributed by atoms with Crippen molar-refractivity contribution in [3.05, 3.63) is 35.4 Å². The molecule has 0 N–H and O–H groups in total. The highest BCUT2D eigenvalue weighted by Gasteiger charge is 2.09. The van der Waals surface area contributed by atoms with Crippen LogP contribution in [0.1, 0.15) is 11.1 Å². The molecule has 1 aromatic rings. The third-order valence-corrected chi connectivity index (χ3v) is 2.83. The topological polar surface area (TPSA) is 143 Å². The third-order valence-electron chi connectivity index (χ3n) is 2.16. The second kappa shape index (κ2) is 9.49. The Morgan fingerprint density at radius 1 is 1.08 bits per heavy atom. The highest BCUT2D eigenvalue weighted by atomic mass is 32.2. The number of rotatable bonds is 8. The summed E-state index contributed by atoms with van der Waals surface area (Å²) in [6.07, 6.45) is 0.801. The molecule has 0 saturated heterocycles. The van der Waals surface area contributed by atoms with Crippen molar-refractivity contribution in [3.63, 3.8) is 0 Å². The van der Waals surface area contributed by atoms with E-state index in [1.165, 1.54) is 31.4 Å². The fraction of sp³-hybridized carbons (Fsp3) is 0.167. The Hall–Kier alpha value is -2.64. The highest BCUT2D eigenvalue weighted by Crippen LogP contribution is 2.10. The normalized spacial score (nSPS) is 12.2. The summed E-state index contributed by atoms with van der Waals surface area (Å²) in [6.45, 7) is 0. The summed E-state index contributed by atoms with van der Waals surface area (Å²) in [6, 6.07) is 9.34. The molecule has 0 aliphatic carbocycles. The molecule has 0 aromatic heterocycles. The number of hydrogen-bond donors (Lipinski definition) is 0. The molecule has 0 aliphatic heterocycles. The molecule has 12 heteroatoms. The van der Waals surface area contributed by atoms with Gasteiger partial charge in [-0.1, -0.05) is 34.6 Å². The summed E-state index contributed by atoms with van der Waals surface area (Å²) >= 11 is 0.416. The molecule has 0 atom stereocenters. The van der Waals surface area contributed by atoms with Gasteiger partial charge in [0, 0.05) is 11.1 Å². The monoisotopic (exact) mass is 370 g/mol. The van der Waals surface area contributed by atoms with Crippen molar-refractivity contribution in [1.82, 2.24) is 0 Å². The second-order valence-electron chi connectivity index (χ2n) is 3.84. The molecular weight excluding hydrogens is 360 g/mol. The summed E-state index contributed by atoms with van der Waals surface area (Å²) in [5.74, 6) is 0. The lowest BCUT2D eigenvalue weighted by Gasteiger charge is -2.01. The fourth-order valence-electron chi connectivity index (χ4n) is 1.26. The zero-order valence-corrected chi connectivity index (χ0v) is 14.0. The minimum absolute atomic E-state index is 0.0587. The number of nitriles is 2. The second-order valence-corrected chi connectivity index (χ2v) is 5.82. The summed E-state index contributed by atoms with van der Waals surface area (Å²) < 4.78 is 35.0. The Labute approximate surface area is 142 Å². The Morgan fingerprint density at radius 2 is 1.58 bits per heavy atom. The number of hydrogen-bond acceptors (Lipinski definition) is 11. The van der Waals surface area contributed by atoms with Crippen LogP contribution in [0.4, 0.5) is 0 Å². The molecule has 0 amide bonds. The highest BCUT2D eigenvalue weighted by molar-refractivity contribution is 7.89. The quantitative estimate of drug-likeness (QED) is 0.217. The zero-order chi connectivity index (χ0) is 18.0. The van der Waals surface area contributed by atoms with E-state index in [-0.39, 0.29) is 11.4 Å². The van der Waals surface area contributed by atoms with Crippen LogP contribution in [0.5, 0.6) is 0 Å². The molecule has 0 bridgehead atoms. The molecule has 24 heavy (non-hydrogen) atoms. The van der Waals surface area contributed by atoms with E-state index in [1.807, 2.05) is 6.07 Å². The van der Waals surface area contributed by atoms with E-state index < -0.39 is 10.1 Å². The van der Waals surface area contributed by atoms with Crippen LogP contribution in [0.2, 0.25) is 0 Å². The van der Waals surface area contributed by atoms with Gasteiger partial charge in [-0.15, -0.1) is 4.33 Å². The van der Waals surface area contributed by atoms with Gasteiger partial charge in [0.2, 0.25) is 0 Å². The first-order chi connectivity index (χ1) is 11.4. The van der Waals surface area contributed by atoms with Crippen molar-refractivity contribution in [2.75, 3.05) is 13.4 Å². The van der Waals surface area contributed by atoms with E-state index in [1.54, 1.807) is 6.07 Å². The Bertz CT molecular complexity index is 805. The van der Waals surface area contributed by atoms with Gasteiger partial charge in [0.05, 0.1) is 13.4 Å². The van der Waals surface area contributed by atoms with Crippen molar-refractivity contribution in [2.24, 2.45) is 10.3 Å². The van der Waals surface area contributed by atoms with Crippen LogP contribution in [0.25, 0.3) is 0 Å². The Balaban J connectivity index is 2.95. The van der Waals surface area contributed by atoms with Crippen LogP contribution in [0, 0.1) is 22.7 Å². The number of oxime groups is 2. The largest absolute Gasteiger partial charge is 0.325 e. The van der Waals surface area contributed by atoms with Crippen molar-refractivity contribution in [2.45, 2.75) is 0 Å². The Morgan fingerprint density at radius 3 is 2.00 bits per heavy atom. The molecule has 0 aliphatic rings. The molecule has 0 radical (unpaired) electrons. The van der Waals surface area contributed by atoms with Gasteiger partial charge in [0.15, 0.2) is 11.4 Å². The predicted octanol–water partition coefficient (Wildman–Crippen LogP) is 1.28. The summed E-state index contributed by atoms with van der Waals surface area (Å²) in [4.78, 5) is 4.25. The minimum atomic E-state index is -3.82. The number of nitrogens with zero attached hydrogens (tertiary/aromatic N) is 4. The molecule has 0 saturated carbocycles. The van der Waals surface area contributed by atoms with Gasteiger partial charge >= 0.3 is 10.1 Å². The van der Waals surface area contributed by atoms with E-state index in [4.69, 9.17) is 10.5 Å². The van der Waals surface area contributed by atoms with Crippen LogP contribution < -0.4 is 0 Å². The lowest BCUT2D eigenvalue weighted by molar-refractivity contribution is -0.166. The van der Waals surface area contributed by atoms with Crippen molar-refractivity contribution in [3.8, 4) is 12.1 Å². The van der Waals surface area contributed by atoms with E-state index >= 15 is 0 Å². The summed E-state index contributed by atoms with van der Waals surface area (Å²) in [5, 5.41) is 24.8. The van der Waals surface area contributed by atoms with Crippen molar-refractivity contribution < 1.29 is 26.2 Å². The molecule has 0 fully saturated rings. The Kier molecular flexibility index (Phi) is 7.67. The summed E-state index contributed by atoms with van der Waals surface area (Å²) in [7, 11) is -2.55. The standard InChI is InChI=1S/C12H10N4O6S2/c1-19-22-23-20-15-11(7-13)9-3-5-10(6-4-9)12(8-14)16-21-24(2,17)18/h3-6H,1-2H3. The first-order valence-electron chi connectivity index (χ1n) is 5.90. The van der Waals surface area contributed by atoms with Crippen LogP contribution in [-0.2, 0) is 27.9 Å². The van der Waals surface area contributed by atoms with Gasteiger partial charge < -0.3 is 0 Å². The van der Waals surface area contributed by atoms with Gasteiger partial charge in [-0.2, -0.15) is 18.9 Å². The van der Waals surface area contributed by atoms with Gasteiger partial charge in [0.25, 0.3) is 12.3 Å². The molecule has 0 spiro atoms.